The molecular weight excluding hydrogens is 204 g/mol. The average Bonchev–Trinajstić information content (AvgIpc) is 2.48. The molecule has 0 amide bonds. The van der Waals surface area contributed by atoms with E-state index in [9.17, 15) is 5.11 Å². The molecular formula is C10H11ClO3. The van der Waals surface area contributed by atoms with Gasteiger partial charge in [0.25, 0.3) is 0 Å². The molecule has 0 bridgehead atoms. The molecule has 14 heavy (non-hydrogen) atoms. The molecule has 0 atom stereocenters. The van der Waals surface area contributed by atoms with Crippen LogP contribution in [0.1, 0.15) is 19.4 Å². The van der Waals surface area contributed by atoms with Crippen molar-refractivity contribution in [2.75, 3.05) is 6.79 Å². The van der Waals surface area contributed by atoms with Crippen molar-refractivity contribution in [3.8, 4) is 11.5 Å². The van der Waals surface area contributed by atoms with E-state index in [1.54, 1.807) is 26.0 Å². The van der Waals surface area contributed by atoms with Crippen LogP contribution in [0.5, 0.6) is 11.5 Å². The first kappa shape index (κ1) is 9.62. The summed E-state index contributed by atoms with van der Waals surface area (Å²) in [5.41, 5.74) is -0.454. The predicted molar refractivity (Wildman–Crippen MR) is 52.8 cm³/mol. The molecule has 3 nitrogen and oxygen atoms in total. The fraction of sp³-hybridized carbons (Fsp3) is 0.400. The quantitative estimate of drug-likeness (QED) is 0.780. The molecule has 4 heteroatoms. The summed E-state index contributed by atoms with van der Waals surface area (Å²) in [4.78, 5) is 0. The summed E-state index contributed by atoms with van der Waals surface area (Å²) in [6.07, 6.45) is 0. The van der Waals surface area contributed by atoms with E-state index in [1.807, 2.05) is 0 Å². The van der Waals surface area contributed by atoms with E-state index in [4.69, 9.17) is 21.1 Å². The van der Waals surface area contributed by atoms with Crippen LogP contribution in [0.4, 0.5) is 0 Å². The van der Waals surface area contributed by atoms with Gasteiger partial charge in [0.05, 0.1) is 10.6 Å². The second-order valence-electron chi connectivity index (χ2n) is 3.72. The van der Waals surface area contributed by atoms with E-state index in [0.29, 0.717) is 22.1 Å². The first-order valence-electron chi connectivity index (χ1n) is 4.31. The molecule has 76 valence electrons. The minimum Gasteiger partial charge on any atom is -0.454 e. The molecule has 0 radical (unpaired) electrons. The van der Waals surface area contributed by atoms with Crippen LogP contribution in [0.2, 0.25) is 5.02 Å². The number of benzene rings is 1. The van der Waals surface area contributed by atoms with Crippen LogP contribution in [0.15, 0.2) is 12.1 Å². The summed E-state index contributed by atoms with van der Waals surface area (Å²) in [6.45, 7) is 3.51. The highest BCUT2D eigenvalue weighted by Crippen LogP contribution is 2.44. The zero-order chi connectivity index (χ0) is 10.3. The van der Waals surface area contributed by atoms with Gasteiger partial charge in [0.2, 0.25) is 6.79 Å². The summed E-state index contributed by atoms with van der Waals surface area (Å²) >= 11 is 6.00. The molecule has 0 saturated carbocycles. The van der Waals surface area contributed by atoms with Crippen LogP contribution in [0, 0.1) is 0 Å². The van der Waals surface area contributed by atoms with Gasteiger partial charge in [0, 0.05) is 5.56 Å². The highest BCUT2D eigenvalue weighted by Gasteiger charge is 2.29. The van der Waals surface area contributed by atoms with Gasteiger partial charge in [-0.15, -0.1) is 0 Å². The third kappa shape index (κ3) is 1.42. The number of aliphatic hydroxyl groups is 1. The third-order valence-corrected chi connectivity index (χ3v) is 2.42. The van der Waals surface area contributed by atoms with Crippen LogP contribution in [-0.2, 0) is 5.60 Å². The Morgan fingerprint density at radius 1 is 1.36 bits per heavy atom. The third-order valence-electron chi connectivity index (χ3n) is 2.10. The highest BCUT2D eigenvalue weighted by molar-refractivity contribution is 6.31. The second-order valence-corrected chi connectivity index (χ2v) is 4.12. The molecule has 0 saturated heterocycles. The van der Waals surface area contributed by atoms with Crippen LogP contribution in [0.25, 0.3) is 0 Å². The average molecular weight is 215 g/mol. The number of hydrogen-bond donors (Lipinski definition) is 1. The molecule has 1 aliphatic heterocycles. The maximum Gasteiger partial charge on any atom is 0.231 e. The number of ether oxygens (including phenoxy) is 2. The van der Waals surface area contributed by atoms with Crippen molar-refractivity contribution < 1.29 is 14.6 Å². The van der Waals surface area contributed by atoms with Gasteiger partial charge in [-0.3, -0.25) is 0 Å². The maximum atomic E-state index is 9.91. The largest absolute Gasteiger partial charge is 0.454 e. The first-order chi connectivity index (χ1) is 6.50. The van der Waals surface area contributed by atoms with Crippen LogP contribution in [0.3, 0.4) is 0 Å². The highest BCUT2D eigenvalue weighted by atomic mass is 35.5. The topological polar surface area (TPSA) is 38.7 Å². The molecule has 1 aliphatic rings. The van der Waals surface area contributed by atoms with Crippen molar-refractivity contribution >= 4 is 11.6 Å². The summed E-state index contributed by atoms with van der Waals surface area (Å²) in [5.74, 6) is 1.18. The number of hydrogen-bond acceptors (Lipinski definition) is 3. The Bertz CT molecular complexity index is 368. The fourth-order valence-corrected chi connectivity index (χ4v) is 1.90. The Balaban J connectivity index is 2.63. The molecule has 1 N–H and O–H groups in total. The van der Waals surface area contributed by atoms with Crippen LogP contribution < -0.4 is 9.47 Å². The number of halogens is 1. The van der Waals surface area contributed by atoms with Crippen molar-refractivity contribution in [1.82, 2.24) is 0 Å². The van der Waals surface area contributed by atoms with Gasteiger partial charge in [0.15, 0.2) is 11.5 Å². The maximum absolute atomic E-state index is 9.91. The lowest BCUT2D eigenvalue weighted by Crippen LogP contribution is -2.17. The van der Waals surface area contributed by atoms with E-state index in [1.165, 1.54) is 0 Å². The Morgan fingerprint density at radius 2 is 2.07 bits per heavy atom. The van der Waals surface area contributed by atoms with Gasteiger partial charge in [-0.1, -0.05) is 11.6 Å². The molecule has 1 aromatic rings. The van der Waals surface area contributed by atoms with Gasteiger partial charge < -0.3 is 14.6 Å². The summed E-state index contributed by atoms with van der Waals surface area (Å²) < 4.78 is 10.5. The molecule has 0 spiro atoms. The summed E-state index contributed by atoms with van der Waals surface area (Å²) in [7, 11) is 0. The lowest BCUT2D eigenvalue weighted by atomic mass is 9.97. The monoisotopic (exact) mass is 214 g/mol. The Hall–Kier alpha value is -0.930. The number of fused-ring (bicyclic) bond motifs is 1. The Morgan fingerprint density at radius 3 is 2.71 bits per heavy atom. The fourth-order valence-electron chi connectivity index (χ4n) is 1.52. The minimum absolute atomic E-state index is 0.179. The molecule has 0 fully saturated rings. The minimum atomic E-state index is -1.03. The lowest BCUT2D eigenvalue weighted by molar-refractivity contribution is 0.0745. The van der Waals surface area contributed by atoms with Crippen molar-refractivity contribution in [3.05, 3.63) is 22.7 Å². The molecule has 1 heterocycles. The van der Waals surface area contributed by atoms with Gasteiger partial charge >= 0.3 is 0 Å². The normalized spacial score (nSPS) is 14.6. The molecule has 0 aliphatic carbocycles. The lowest BCUT2D eigenvalue weighted by Gasteiger charge is -2.20. The van der Waals surface area contributed by atoms with E-state index in [-0.39, 0.29) is 6.79 Å². The Labute approximate surface area is 87.2 Å². The standard InChI is InChI=1S/C10H11ClO3/c1-10(2,12)8-6(11)3-4-7-9(8)14-5-13-7/h3-4,12H,5H2,1-2H3. The summed E-state index contributed by atoms with van der Waals surface area (Å²) in [6, 6.07) is 3.43. The zero-order valence-electron chi connectivity index (χ0n) is 8.00. The number of rotatable bonds is 1. The molecule has 0 aromatic heterocycles. The first-order valence-corrected chi connectivity index (χ1v) is 4.69. The van der Waals surface area contributed by atoms with Crippen LogP contribution in [-0.4, -0.2) is 11.9 Å². The second kappa shape index (κ2) is 3.04. The SMILES string of the molecule is CC(C)(O)c1c(Cl)ccc2c1OCO2. The van der Waals surface area contributed by atoms with Crippen molar-refractivity contribution in [2.24, 2.45) is 0 Å². The van der Waals surface area contributed by atoms with Gasteiger partial charge in [-0.05, 0) is 26.0 Å². The van der Waals surface area contributed by atoms with E-state index < -0.39 is 5.60 Å². The van der Waals surface area contributed by atoms with Crippen LogP contribution >= 0.6 is 11.6 Å². The predicted octanol–water partition coefficient (Wildman–Crippen LogP) is 2.30. The zero-order valence-corrected chi connectivity index (χ0v) is 8.76. The van der Waals surface area contributed by atoms with Gasteiger partial charge in [-0.25, -0.2) is 0 Å². The van der Waals surface area contributed by atoms with Crippen molar-refractivity contribution in [3.63, 3.8) is 0 Å². The van der Waals surface area contributed by atoms with Crippen molar-refractivity contribution in [1.29, 1.82) is 0 Å². The van der Waals surface area contributed by atoms with Crippen molar-refractivity contribution in [2.45, 2.75) is 19.4 Å². The van der Waals surface area contributed by atoms with E-state index >= 15 is 0 Å². The van der Waals surface area contributed by atoms with E-state index in [2.05, 4.69) is 0 Å². The van der Waals surface area contributed by atoms with E-state index in [0.717, 1.165) is 0 Å². The smallest absolute Gasteiger partial charge is 0.231 e. The molecule has 0 unspecified atom stereocenters. The van der Waals surface area contributed by atoms with Gasteiger partial charge in [0.1, 0.15) is 0 Å². The molecule has 2 rings (SSSR count). The Kier molecular flexibility index (Phi) is 2.09. The van der Waals surface area contributed by atoms with Gasteiger partial charge in [-0.2, -0.15) is 0 Å². The summed E-state index contributed by atoms with van der Waals surface area (Å²) in [5, 5.41) is 10.4. The molecule has 1 aromatic carbocycles.